The number of benzene rings is 1. The van der Waals surface area contributed by atoms with E-state index < -0.39 is 0 Å². The lowest BCUT2D eigenvalue weighted by atomic mass is 10.1. The summed E-state index contributed by atoms with van der Waals surface area (Å²) < 4.78 is 0. The van der Waals surface area contributed by atoms with Crippen molar-refractivity contribution in [2.75, 3.05) is 7.05 Å². The molecule has 5 heteroatoms. The molecule has 0 unspecified atom stereocenters. The highest BCUT2D eigenvalue weighted by Gasteiger charge is 2.23. The molecule has 1 amide bonds. The monoisotopic (exact) mass is 241 g/mol. The van der Waals surface area contributed by atoms with Crippen LogP contribution in [0, 0.1) is 11.3 Å². The van der Waals surface area contributed by atoms with E-state index >= 15 is 0 Å². The molecule has 1 aromatic rings. The zero-order valence-corrected chi connectivity index (χ0v) is 10.0. The van der Waals surface area contributed by atoms with Crippen LogP contribution >= 0.6 is 0 Å². The topological polar surface area (TPSA) is 76.7 Å². The second kappa shape index (κ2) is 4.34. The van der Waals surface area contributed by atoms with Gasteiger partial charge in [-0.1, -0.05) is 0 Å². The van der Waals surface area contributed by atoms with E-state index in [4.69, 9.17) is 5.26 Å². The molecular weight excluding hydrogens is 230 g/mol. The second-order valence-electron chi connectivity index (χ2n) is 3.94. The molecule has 0 fully saturated rings. The van der Waals surface area contributed by atoms with Gasteiger partial charge < -0.3 is 5.11 Å². The predicted molar refractivity (Wildman–Crippen MR) is 66.7 cm³/mol. The summed E-state index contributed by atoms with van der Waals surface area (Å²) in [5.41, 5.74) is 1.07. The molecule has 1 aliphatic rings. The molecule has 0 aromatic heterocycles. The lowest BCUT2D eigenvalue weighted by Gasteiger charge is -2.06. The Kier molecular flexibility index (Phi) is 2.86. The molecule has 1 N–H and O–H groups in total. The fourth-order valence-corrected chi connectivity index (χ4v) is 1.60. The molecule has 1 aliphatic heterocycles. The molecule has 2 rings (SSSR count). The first-order valence-corrected chi connectivity index (χ1v) is 5.31. The van der Waals surface area contributed by atoms with E-state index in [1.54, 1.807) is 14.0 Å². The lowest BCUT2D eigenvalue weighted by molar-refractivity contribution is -0.121. The summed E-state index contributed by atoms with van der Waals surface area (Å²) >= 11 is 0. The molecule has 0 atom stereocenters. The lowest BCUT2D eigenvalue weighted by Crippen LogP contribution is -2.25. The summed E-state index contributed by atoms with van der Waals surface area (Å²) in [5, 5.41) is 18.5. The molecule has 0 saturated carbocycles. The average molecular weight is 241 g/mol. The minimum absolute atomic E-state index is 0.0108. The van der Waals surface area contributed by atoms with Crippen LogP contribution in [0.1, 0.15) is 18.1 Å². The number of nitrogens with zero attached hydrogens (tertiary/aromatic N) is 3. The SMILES string of the molecule is CC1=N/C(=C\c2cc(C#N)ccc2O)C(=O)N1C. The van der Waals surface area contributed by atoms with Crippen LogP contribution in [0.2, 0.25) is 0 Å². The van der Waals surface area contributed by atoms with Crippen molar-refractivity contribution < 1.29 is 9.90 Å². The van der Waals surface area contributed by atoms with E-state index in [2.05, 4.69) is 4.99 Å². The van der Waals surface area contributed by atoms with Crippen molar-refractivity contribution >= 4 is 17.8 Å². The maximum absolute atomic E-state index is 11.8. The summed E-state index contributed by atoms with van der Waals surface area (Å²) in [6.07, 6.45) is 1.48. The molecule has 18 heavy (non-hydrogen) atoms. The van der Waals surface area contributed by atoms with Gasteiger partial charge in [-0.2, -0.15) is 5.26 Å². The highest BCUT2D eigenvalue weighted by molar-refractivity contribution is 6.13. The third kappa shape index (κ3) is 1.96. The predicted octanol–water partition coefficient (Wildman–Crippen LogP) is 1.50. The molecule has 5 nitrogen and oxygen atoms in total. The van der Waals surface area contributed by atoms with E-state index in [9.17, 15) is 9.90 Å². The summed E-state index contributed by atoms with van der Waals surface area (Å²) in [7, 11) is 1.63. The van der Waals surface area contributed by atoms with Crippen molar-refractivity contribution in [3.63, 3.8) is 0 Å². The van der Waals surface area contributed by atoms with Gasteiger partial charge in [-0.25, -0.2) is 4.99 Å². The molecule has 1 heterocycles. The van der Waals surface area contributed by atoms with Gasteiger partial charge in [-0.05, 0) is 31.2 Å². The first kappa shape index (κ1) is 11.9. The number of carbonyl (C=O) groups excluding carboxylic acids is 1. The third-order valence-corrected chi connectivity index (χ3v) is 2.74. The number of carbonyl (C=O) groups is 1. The Morgan fingerprint density at radius 1 is 1.50 bits per heavy atom. The fraction of sp³-hybridized carbons (Fsp3) is 0.154. The standard InChI is InChI=1S/C13H11N3O2/c1-8-15-11(13(18)16(8)2)6-10-5-9(7-14)3-4-12(10)17/h3-6,17H,1-2H3/b11-6-. The van der Waals surface area contributed by atoms with Crippen LogP contribution in [-0.2, 0) is 4.79 Å². The van der Waals surface area contributed by atoms with Crippen LogP contribution in [0.25, 0.3) is 6.08 Å². The van der Waals surface area contributed by atoms with Crippen molar-refractivity contribution in [1.29, 1.82) is 5.26 Å². The number of phenolic OH excluding ortho intramolecular Hbond substituents is 1. The van der Waals surface area contributed by atoms with Crippen molar-refractivity contribution in [2.24, 2.45) is 4.99 Å². The summed E-state index contributed by atoms with van der Waals surface area (Å²) in [6.45, 7) is 1.73. The van der Waals surface area contributed by atoms with Crippen molar-refractivity contribution in [3.8, 4) is 11.8 Å². The first-order chi connectivity index (χ1) is 8.52. The largest absolute Gasteiger partial charge is 0.507 e. The average Bonchev–Trinajstić information content (AvgIpc) is 2.60. The molecule has 0 aliphatic carbocycles. The molecular formula is C13H11N3O2. The maximum Gasteiger partial charge on any atom is 0.277 e. The van der Waals surface area contributed by atoms with E-state index in [1.165, 1.54) is 29.2 Å². The van der Waals surface area contributed by atoms with E-state index in [0.717, 1.165) is 0 Å². The van der Waals surface area contributed by atoms with Crippen molar-refractivity contribution in [2.45, 2.75) is 6.92 Å². The number of hydrogen-bond donors (Lipinski definition) is 1. The maximum atomic E-state index is 11.8. The Hall–Kier alpha value is -2.61. The van der Waals surface area contributed by atoms with Crippen LogP contribution in [0.4, 0.5) is 0 Å². The Bertz CT molecular complexity index is 624. The molecule has 0 bridgehead atoms. The smallest absolute Gasteiger partial charge is 0.277 e. The number of nitriles is 1. The highest BCUT2D eigenvalue weighted by atomic mass is 16.3. The third-order valence-electron chi connectivity index (χ3n) is 2.74. The van der Waals surface area contributed by atoms with Crippen LogP contribution < -0.4 is 0 Å². The quantitative estimate of drug-likeness (QED) is 0.757. The van der Waals surface area contributed by atoms with Crippen LogP contribution in [0.3, 0.4) is 0 Å². The van der Waals surface area contributed by atoms with Gasteiger partial charge in [-0.3, -0.25) is 9.69 Å². The van der Waals surface area contributed by atoms with Crippen molar-refractivity contribution in [3.05, 3.63) is 35.0 Å². The number of phenols is 1. The van der Waals surface area contributed by atoms with Gasteiger partial charge in [0.25, 0.3) is 5.91 Å². The van der Waals surface area contributed by atoms with Gasteiger partial charge in [0.05, 0.1) is 11.6 Å². The number of rotatable bonds is 1. The molecule has 0 saturated heterocycles. The van der Waals surface area contributed by atoms with E-state index in [-0.39, 0.29) is 17.4 Å². The zero-order valence-electron chi connectivity index (χ0n) is 10.0. The van der Waals surface area contributed by atoms with E-state index in [1.807, 2.05) is 6.07 Å². The number of likely N-dealkylation sites (N-methyl/N-ethyl adjacent to an activating group) is 1. The fourth-order valence-electron chi connectivity index (χ4n) is 1.60. The zero-order chi connectivity index (χ0) is 13.3. The number of amidine groups is 1. The molecule has 0 radical (unpaired) electrons. The molecule has 90 valence electrons. The number of aliphatic imine (C=N–C) groups is 1. The van der Waals surface area contributed by atoms with Crippen LogP contribution in [-0.4, -0.2) is 28.8 Å². The number of hydrogen-bond acceptors (Lipinski definition) is 4. The van der Waals surface area contributed by atoms with Gasteiger partial charge >= 0.3 is 0 Å². The van der Waals surface area contributed by atoms with Gasteiger partial charge in [-0.15, -0.1) is 0 Å². The van der Waals surface area contributed by atoms with E-state index in [0.29, 0.717) is 17.0 Å². The normalized spacial score (nSPS) is 16.9. The van der Waals surface area contributed by atoms with Crippen molar-refractivity contribution in [1.82, 2.24) is 4.90 Å². The highest BCUT2D eigenvalue weighted by Crippen LogP contribution is 2.24. The Morgan fingerprint density at radius 3 is 2.78 bits per heavy atom. The van der Waals surface area contributed by atoms with Gasteiger partial charge in [0.15, 0.2) is 0 Å². The van der Waals surface area contributed by atoms with Gasteiger partial charge in [0.2, 0.25) is 0 Å². The Labute approximate surface area is 104 Å². The van der Waals surface area contributed by atoms with Crippen LogP contribution in [0.5, 0.6) is 5.75 Å². The molecule has 1 aromatic carbocycles. The van der Waals surface area contributed by atoms with Gasteiger partial charge in [0, 0.05) is 12.6 Å². The molecule has 0 spiro atoms. The number of amides is 1. The minimum Gasteiger partial charge on any atom is -0.507 e. The van der Waals surface area contributed by atoms with Crippen LogP contribution in [0.15, 0.2) is 28.9 Å². The second-order valence-corrected chi connectivity index (χ2v) is 3.94. The minimum atomic E-state index is -0.228. The summed E-state index contributed by atoms with van der Waals surface area (Å²) in [4.78, 5) is 17.3. The summed E-state index contributed by atoms with van der Waals surface area (Å²) in [5.74, 6) is 0.383. The summed E-state index contributed by atoms with van der Waals surface area (Å²) in [6, 6.07) is 6.42. The van der Waals surface area contributed by atoms with Gasteiger partial charge in [0.1, 0.15) is 17.3 Å². The Balaban J connectivity index is 2.47. The first-order valence-electron chi connectivity index (χ1n) is 5.31. The Morgan fingerprint density at radius 2 is 2.22 bits per heavy atom. The number of aromatic hydroxyl groups is 1.